The molecule has 3 aromatic heterocycles. The summed E-state index contributed by atoms with van der Waals surface area (Å²) >= 11 is 2.20. The van der Waals surface area contributed by atoms with Crippen molar-refractivity contribution in [3.05, 3.63) is 206 Å². The van der Waals surface area contributed by atoms with Gasteiger partial charge in [-0.2, -0.15) is 0 Å². The molecule has 0 saturated carbocycles. The molecule has 2 nitrogen and oxygen atoms in total. The van der Waals surface area contributed by atoms with Crippen molar-refractivity contribution in [3.8, 4) is 27.9 Å². The summed E-state index contributed by atoms with van der Waals surface area (Å²) in [5.41, 5.74) is 11.9. The van der Waals surface area contributed by atoms with Gasteiger partial charge >= 0.3 is 203 Å². The minimum Gasteiger partial charge on any atom is -0.0602 e. The maximum atomic E-state index is 2.41. The Bertz CT molecular complexity index is 3500. The van der Waals surface area contributed by atoms with Gasteiger partial charge in [-0.05, 0) is 35.9 Å². The Labute approximate surface area is 345 Å². The summed E-state index contributed by atoms with van der Waals surface area (Å²) < 4.78 is 7.94. The van der Waals surface area contributed by atoms with Crippen molar-refractivity contribution in [1.82, 2.24) is 4.57 Å². The van der Waals surface area contributed by atoms with Crippen LogP contribution in [0.3, 0.4) is 0 Å². The first-order valence-electron chi connectivity index (χ1n) is 19.7. The van der Waals surface area contributed by atoms with Crippen LogP contribution in [0, 0.1) is 0 Å². The molecule has 0 N–H and O–H groups in total. The van der Waals surface area contributed by atoms with Crippen LogP contribution in [0.1, 0.15) is 0 Å². The van der Waals surface area contributed by atoms with Gasteiger partial charge in [0.05, 0.1) is 11.0 Å². The van der Waals surface area contributed by atoms with Gasteiger partial charge in [-0.25, -0.2) is 0 Å². The number of aromatic nitrogens is 1. The number of thiophene rings is 1. The van der Waals surface area contributed by atoms with E-state index < -0.39 is 0 Å². The van der Waals surface area contributed by atoms with Gasteiger partial charge in [0.1, 0.15) is 0 Å². The predicted octanol–water partition coefficient (Wildman–Crippen LogP) is 15.3. The number of rotatable bonds is 6. The molecule has 0 atom stereocenters. The van der Waals surface area contributed by atoms with Gasteiger partial charge in [-0.15, -0.1) is 0 Å². The predicted molar refractivity (Wildman–Crippen MR) is 251 cm³/mol. The zero-order valence-electron chi connectivity index (χ0n) is 31.3. The Morgan fingerprint density at radius 3 is 1.66 bits per heavy atom. The molecule has 0 saturated heterocycles. The fourth-order valence-corrected chi connectivity index (χ4v) is 12.4. The number of hydrogen-bond acceptors (Lipinski definition) is 2. The fourth-order valence-electron chi connectivity index (χ4n) is 8.82. The summed E-state index contributed by atoms with van der Waals surface area (Å²) in [5.74, 6) is 0. The van der Waals surface area contributed by atoms with Crippen molar-refractivity contribution in [2.45, 2.75) is 0 Å². The average Bonchev–Trinajstić information content (AvgIpc) is 3.96. The van der Waals surface area contributed by atoms with Crippen molar-refractivity contribution in [1.29, 1.82) is 0 Å². The van der Waals surface area contributed by atoms with Crippen molar-refractivity contribution < 1.29 is 0 Å². The molecule has 0 unspecified atom stereocenters. The second kappa shape index (κ2) is 13.5. The van der Waals surface area contributed by atoms with Crippen LogP contribution in [-0.4, -0.2) is 19.1 Å². The van der Waals surface area contributed by atoms with Crippen LogP contribution in [0.25, 0.3) is 89.2 Å². The minimum absolute atomic E-state index is 0.335. The van der Waals surface area contributed by atoms with Gasteiger partial charge in [0.2, 0.25) is 0 Å². The largest absolute Gasteiger partial charge is 0.0602 e. The van der Waals surface area contributed by atoms with Crippen LogP contribution >= 0.6 is 11.3 Å². The monoisotopic (exact) mass is 822 g/mol. The first kappa shape index (κ1) is 33.5. The second-order valence-corrected chi connectivity index (χ2v) is 18.3. The SMILES string of the molecule is c1ccc(-n2c3ccccc3c3ccc(-c4ccc(N(c5ccc(-c6ccc7c(c6)[se]c6ccccc67)cc5)c5ccc6c(c5)sc5ccccc56)cc4)cc32)cc1. The van der Waals surface area contributed by atoms with E-state index in [0.717, 1.165) is 17.1 Å². The van der Waals surface area contributed by atoms with Crippen molar-refractivity contribution in [3.63, 3.8) is 0 Å². The summed E-state index contributed by atoms with van der Waals surface area (Å²) in [7, 11) is 0. The van der Waals surface area contributed by atoms with Gasteiger partial charge in [0, 0.05) is 26.5 Å². The molecule has 12 aromatic rings. The van der Waals surface area contributed by atoms with Crippen LogP contribution in [0.15, 0.2) is 206 Å². The molecule has 272 valence electrons. The molecule has 12 rings (SSSR count). The Balaban J connectivity index is 0.952. The molecule has 0 fully saturated rings. The molecule has 3 heterocycles. The molecule has 58 heavy (non-hydrogen) atoms. The number of hydrogen-bond donors (Lipinski definition) is 0. The van der Waals surface area contributed by atoms with Crippen LogP contribution in [-0.2, 0) is 0 Å². The Morgan fingerprint density at radius 2 is 0.879 bits per heavy atom. The zero-order chi connectivity index (χ0) is 38.2. The van der Waals surface area contributed by atoms with E-state index >= 15 is 0 Å². The van der Waals surface area contributed by atoms with E-state index in [0.29, 0.717) is 14.5 Å². The number of fused-ring (bicyclic) bond motifs is 9. The molecular formula is C54H34N2SSe. The van der Waals surface area contributed by atoms with Gasteiger partial charge in [-0.3, -0.25) is 0 Å². The molecule has 0 spiro atoms. The Morgan fingerprint density at radius 1 is 0.345 bits per heavy atom. The number of benzene rings is 9. The molecule has 0 radical (unpaired) electrons. The molecule has 0 aliphatic heterocycles. The Kier molecular flexibility index (Phi) is 7.77. The third-order valence-corrected chi connectivity index (χ3v) is 15.1. The maximum absolute atomic E-state index is 2.41. The average molecular weight is 822 g/mol. The summed E-state index contributed by atoms with van der Waals surface area (Å²) in [5, 5.41) is 7.93. The topological polar surface area (TPSA) is 8.17 Å². The molecule has 0 bridgehead atoms. The van der Waals surface area contributed by atoms with E-state index in [4.69, 9.17) is 0 Å². The van der Waals surface area contributed by atoms with Crippen molar-refractivity contribution >= 4 is 104 Å². The first-order valence-corrected chi connectivity index (χ1v) is 22.2. The number of para-hydroxylation sites is 2. The van der Waals surface area contributed by atoms with Crippen LogP contribution < -0.4 is 4.90 Å². The van der Waals surface area contributed by atoms with Crippen molar-refractivity contribution in [2.75, 3.05) is 4.90 Å². The third kappa shape index (κ3) is 5.45. The molecular weight excluding hydrogens is 788 g/mol. The van der Waals surface area contributed by atoms with E-state index in [2.05, 4.69) is 216 Å². The van der Waals surface area contributed by atoms with E-state index in [9.17, 15) is 0 Å². The normalized spacial score (nSPS) is 11.8. The van der Waals surface area contributed by atoms with Crippen LogP contribution in [0.4, 0.5) is 17.1 Å². The summed E-state index contributed by atoms with van der Waals surface area (Å²) in [6.45, 7) is 0. The molecule has 0 amide bonds. The standard InChI is InChI=1S/C54H34N2SSe/c1-2-10-39(11-3-1)56-49-15-7-4-12-43(49)44-29-22-37(32-50(44)56)35-18-24-40(25-19-35)55(42-28-31-46-45-13-5-8-16-51(45)57-52(46)34-42)41-26-20-36(21-27-41)38-23-30-48-47-14-6-9-17-53(47)58-54(48)33-38/h1-34H. The Hall–Kier alpha value is -6.68. The summed E-state index contributed by atoms with van der Waals surface area (Å²) in [4.78, 5) is 2.40. The smallest absolute Gasteiger partial charge is 0.0547 e. The fraction of sp³-hybridized carbons (Fsp3) is 0. The number of anilines is 3. The van der Waals surface area contributed by atoms with Gasteiger partial charge in [0.15, 0.2) is 0 Å². The van der Waals surface area contributed by atoms with Gasteiger partial charge < -0.3 is 4.57 Å². The quantitative estimate of drug-likeness (QED) is 0.152. The minimum atomic E-state index is 0.335. The zero-order valence-corrected chi connectivity index (χ0v) is 33.9. The van der Waals surface area contributed by atoms with Crippen molar-refractivity contribution in [2.24, 2.45) is 0 Å². The molecule has 9 aromatic carbocycles. The van der Waals surface area contributed by atoms with E-state index in [1.165, 1.54) is 89.2 Å². The summed E-state index contributed by atoms with van der Waals surface area (Å²) in [6.07, 6.45) is 0. The van der Waals surface area contributed by atoms with Crippen LogP contribution in [0.2, 0.25) is 0 Å². The molecule has 0 aliphatic carbocycles. The first-order chi connectivity index (χ1) is 28.7. The summed E-state index contributed by atoms with van der Waals surface area (Å²) in [6, 6.07) is 76.1. The van der Waals surface area contributed by atoms with Gasteiger partial charge in [-0.1, -0.05) is 66.7 Å². The van der Waals surface area contributed by atoms with E-state index in [1.807, 2.05) is 11.3 Å². The van der Waals surface area contributed by atoms with E-state index in [-0.39, 0.29) is 0 Å². The number of nitrogens with zero attached hydrogens (tertiary/aromatic N) is 2. The van der Waals surface area contributed by atoms with E-state index in [1.54, 1.807) is 0 Å². The molecule has 0 aliphatic rings. The maximum Gasteiger partial charge on any atom is 0.0547 e. The third-order valence-electron chi connectivity index (χ3n) is 11.6. The van der Waals surface area contributed by atoms with Crippen LogP contribution in [0.5, 0.6) is 0 Å². The van der Waals surface area contributed by atoms with Gasteiger partial charge in [0.25, 0.3) is 0 Å². The molecule has 4 heteroatoms. The second-order valence-electron chi connectivity index (χ2n) is 14.9.